The van der Waals surface area contributed by atoms with Gasteiger partial charge in [0.15, 0.2) is 5.78 Å². The topological polar surface area (TPSA) is 46.5 Å². The number of aliphatic imine (C=N–C) groups is 1. The third-order valence-electron chi connectivity index (χ3n) is 3.97. The summed E-state index contributed by atoms with van der Waals surface area (Å²) in [6, 6.07) is 7.04. The van der Waals surface area contributed by atoms with Crippen LogP contribution in [0.25, 0.3) is 0 Å². The van der Waals surface area contributed by atoms with Crippen LogP contribution in [0.1, 0.15) is 36.7 Å². The van der Waals surface area contributed by atoms with Crippen molar-refractivity contribution in [2.24, 2.45) is 10.9 Å². The lowest BCUT2D eigenvalue weighted by Gasteiger charge is -2.34. The molecule has 2 atom stereocenters. The zero-order chi connectivity index (χ0) is 18.2. The van der Waals surface area contributed by atoms with Crippen LogP contribution in [-0.4, -0.2) is 27.7 Å². The Morgan fingerprint density at radius 2 is 1.79 bits per heavy atom. The molecule has 0 fully saturated rings. The first kappa shape index (κ1) is 19.2. The maximum Gasteiger partial charge on any atom is 0.277 e. The summed E-state index contributed by atoms with van der Waals surface area (Å²) in [4.78, 5) is 27.6. The Morgan fingerprint density at radius 3 is 2.29 bits per heavy atom. The first-order chi connectivity index (χ1) is 11.1. The van der Waals surface area contributed by atoms with E-state index >= 15 is 0 Å². The first-order valence-electron chi connectivity index (χ1n) is 7.54. The number of benzene rings is 1. The minimum Gasteiger partial charge on any atom is -0.291 e. The number of halogens is 3. The fourth-order valence-corrected chi connectivity index (χ4v) is 3.52. The van der Waals surface area contributed by atoms with Gasteiger partial charge in [0.1, 0.15) is 10.3 Å². The maximum absolute atomic E-state index is 12.5. The Morgan fingerprint density at radius 1 is 1.25 bits per heavy atom. The highest BCUT2D eigenvalue weighted by atomic mass is 35.5. The Balaban J connectivity index is 2.57. The Bertz CT molecular complexity index is 746. The number of hydrogen-bond donors (Lipinski definition) is 0. The molecule has 1 aromatic carbocycles. The van der Waals surface area contributed by atoms with Crippen molar-refractivity contribution >= 4 is 52.2 Å². The molecule has 6 heteroatoms. The van der Waals surface area contributed by atoms with Gasteiger partial charge in [-0.25, -0.2) is 4.99 Å². The second kappa shape index (κ2) is 6.99. The molecule has 0 saturated carbocycles. The molecule has 1 amide bonds. The number of amides is 1. The molecule has 0 N–H and O–H groups in total. The zero-order valence-electron chi connectivity index (χ0n) is 13.9. The van der Waals surface area contributed by atoms with E-state index in [-0.39, 0.29) is 16.7 Å². The van der Waals surface area contributed by atoms with E-state index in [1.807, 2.05) is 32.9 Å². The lowest BCUT2D eigenvalue weighted by Crippen LogP contribution is -2.49. The molecule has 0 heterocycles. The number of alkyl halides is 2. The molecular formula is C18H18Cl3NO2. The SMILES string of the molecule is Cc1ccc(C(=O)N=C2C(C(C)C)=C(Cl)C(=O)[C@](C)(Cl)[C@@H]2Cl)cc1. The highest BCUT2D eigenvalue weighted by Gasteiger charge is 2.49. The van der Waals surface area contributed by atoms with Gasteiger partial charge >= 0.3 is 0 Å². The van der Waals surface area contributed by atoms with E-state index in [2.05, 4.69) is 4.99 Å². The predicted molar refractivity (Wildman–Crippen MR) is 99.6 cm³/mol. The number of allylic oxidation sites excluding steroid dienone is 2. The molecule has 24 heavy (non-hydrogen) atoms. The lowest BCUT2D eigenvalue weighted by atomic mass is 9.82. The van der Waals surface area contributed by atoms with Crippen molar-refractivity contribution in [2.45, 2.75) is 37.9 Å². The van der Waals surface area contributed by atoms with Crippen LogP contribution in [0.2, 0.25) is 0 Å². The molecule has 0 aliphatic heterocycles. The van der Waals surface area contributed by atoms with Gasteiger partial charge in [0, 0.05) is 11.1 Å². The number of hydrogen-bond acceptors (Lipinski definition) is 2. The molecule has 0 unspecified atom stereocenters. The van der Waals surface area contributed by atoms with Crippen LogP contribution in [0.5, 0.6) is 0 Å². The van der Waals surface area contributed by atoms with Crippen molar-refractivity contribution in [1.82, 2.24) is 0 Å². The molecule has 1 aliphatic carbocycles. The van der Waals surface area contributed by atoms with Crippen LogP contribution in [0.4, 0.5) is 0 Å². The van der Waals surface area contributed by atoms with Crippen LogP contribution in [-0.2, 0) is 4.79 Å². The van der Waals surface area contributed by atoms with Crippen LogP contribution < -0.4 is 0 Å². The van der Waals surface area contributed by atoms with Crippen LogP contribution in [0.3, 0.4) is 0 Å². The molecule has 0 bridgehead atoms. The molecule has 128 valence electrons. The number of carbonyl (C=O) groups excluding carboxylic acids is 2. The Hall–Kier alpha value is -1.16. The van der Waals surface area contributed by atoms with E-state index in [1.54, 1.807) is 12.1 Å². The van der Waals surface area contributed by atoms with E-state index in [1.165, 1.54) is 6.92 Å². The number of ketones is 1. The monoisotopic (exact) mass is 385 g/mol. The van der Waals surface area contributed by atoms with Crippen LogP contribution in [0, 0.1) is 12.8 Å². The number of aryl methyl sites for hydroxylation is 1. The highest BCUT2D eigenvalue weighted by Crippen LogP contribution is 2.40. The smallest absolute Gasteiger partial charge is 0.277 e. The minimum absolute atomic E-state index is 0.00476. The number of carbonyl (C=O) groups is 2. The zero-order valence-corrected chi connectivity index (χ0v) is 16.1. The van der Waals surface area contributed by atoms with Crippen molar-refractivity contribution in [3.63, 3.8) is 0 Å². The Kier molecular flexibility index (Phi) is 5.58. The molecule has 0 aromatic heterocycles. The van der Waals surface area contributed by atoms with Gasteiger partial charge in [0.25, 0.3) is 5.91 Å². The van der Waals surface area contributed by atoms with Gasteiger partial charge in [-0.2, -0.15) is 0 Å². The van der Waals surface area contributed by atoms with Gasteiger partial charge in [-0.1, -0.05) is 43.1 Å². The average molecular weight is 387 g/mol. The largest absolute Gasteiger partial charge is 0.291 e. The molecular weight excluding hydrogens is 369 g/mol. The third-order valence-corrected chi connectivity index (χ3v) is 5.49. The van der Waals surface area contributed by atoms with E-state index in [0.717, 1.165) is 5.56 Å². The molecule has 0 saturated heterocycles. The standard InChI is InChI=1S/C18H18Cl3NO2/c1-9(2)12-13(19)16(23)18(4,21)15(20)14(12)22-17(24)11-7-5-10(3)6-8-11/h5-9,15H,1-4H3/t15-,18-/m1/s1. The summed E-state index contributed by atoms with van der Waals surface area (Å²) in [6.45, 7) is 7.13. The highest BCUT2D eigenvalue weighted by molar-refractivity contribution is 6.59. The van der Waals surface area contributed by atoms with Gasteiger partial charge in [-0.05, 0) is 31.9 Å². The number of Topliss-reactive ketones (excluding diaryl/α,β-unsaturated/α-hetero) is 1. The van der Waals surface area contributed by atoms with Crippen molar-refractivity contribution in [2.75, 3.05) is 0 Å². The molecule has 0 spiro atoms. The summed E-state index contributed by atoms with van der Waals surface area (Å²) in [5.74, 6) is -1.02. The van der Waals surface area contributed by atoms with E-state index in [4.69, 9.17) is 34.8 Å². The maximum atomic E-state index is 12.5. The third kappa shape index (κ3) is 3.44. The van der Waals surface area contributed by atoms with Crippen molar-refractivity contribution in [1.29, 1.82) is 0 Å². The quantitative estimate of drug-likeness (QED) is 0.678. The summed E-state index contributed by atoms with van der Waals surface area (Å²) in [7, 11) is 0. The summed E-state index contributed by atoms with van der Waals surface area (Å²) in [5.41, 5.74) is 2.21. The fourth-order valence-electron chi connectivity index (χ4n) is 2.49. The lowest BCUT2D eigenvalue weighted by molar-refractivity contribution is -0.117. The van der Waals surface area contributed by atoms with Gasteiger partial charge in [-0.15, -0.1) is 23.2 Å². The fraction of sp³-hybridized carbons (Fsp3) is 0.389. The predicted octanol–water partition coefficient (Wildman–Crippen LogP) is 4.91. The van der Waals surface area contributed by atoms with E-state index < -0.39 is 21.9 Å². The van der Waals surface area contributed by atoms with Gasteiger partial charge < -0.3 is 0 Å². The summed E-state index contributed by atoms with van der Waals surface area (Å²) in [5, 5.41) is -0.948. The second-order valence-corrected chi connectivity index (χ2v) is 7.92. The Labute approximate surface area is 156 Å². The van der Waals surface area contributed by atoms with E-state index in [0.29, 0.717) is 11.1 Å². The second-order valence-electron chi connectivity index (χ2n) is 6.32. The summed E-state index contributed by atoms with van der Waals surface area (Å²) in [6.07, 6.45) is 0. The molecule has 0 radical (unpaired) electrons. The van der Waals surface area contributed by atoms with Crippen LogP contribution >= 0.6 is 34.8 Å². The van der Waals surface area contributed by atoms with Gasteiger partial charge in [0.2, 0.25) is 0 Å². The van der Waals surface area contributed by atoms with Crippen molar-refractivity contribution in [3.05, 3.63) is 46.0 Å². The minimum atomic E-state index is -1.44. The summed E-state index contributed by atoms with van der Waals surface area (Å²) >= 11 is 18.9. The molecule has 1 aliphatic rings. The van der Waals surface area contributed by atoms with Crippen molar-refractivity contribution in [3.8, 4) is 0 Å². The first-order valence-corrected chi connectivity index (χ1v) is 8.74. The molecule has 1 aromatic rings. The molecule has 3 nitrogen and oxygen atoms in total. The van der Waals surface area contributed by atoms with Crippen LogP contribution in [0.15, 0.2) is 39.9 Å². The number of rotatable bonds is 2. The average Bonchev–Trinajstić information content (AvgIpc) is 2.51. The summed E-state index contributed by atoms with van der Waals surface area (Å²) < 4.78 is 0. The number of nitrogens with zero attached hydrogens (tertiary/aromatic N) is 1. The van der Waals surface area contributed by atoms with Crippen molar-refractivity contribution < 1.29 is 9.59 Å². The normalized spacial score (nSPS) is 26.4. The van der Waals surface area contributed by atoms with Gasteiger partial charge in [0.05, 0.1) is 10.7 Å². The van der Waals surface area contributed by atoms with Gasteiger partial charge in [-0.3, -0.25) is 9.59 Å². The molecule has 2 rings (SSSR count). The van der Waals surface area contributed by atoms with E-state index in [9.17, 15) is 9.59 Å².